The average Bonchev–Trinajstić information content (AvgIpc) is 2.16. The summed E-state index contributed by atoms with van der Waals surface area (Å²) < 4.78 is 0. The van der Waals surface area contributed by atoms with Gasteiger partial charge in [0, 0.05) is 0 Å². The van der Waals surface area contributed by atoms with Crippen LogP contribution in [0.4, 0.5) is 0 Å². The summed E-state index contributed by atoms with van der Waals surface area (Å²) in [5, 5.41) is 0. The molecule has 0 saturated carbocycles. The first-order chi connectivity index (χ1) is 7.68. The van der Waals surface area contributed by atoms with Gasteiger partial charge in [-0.1, -0.05) is 58.9 Å². The molecule has 0 nitrogen and oxygen atoms in total. The van der Waals surface area contributed by atoms with Crippen molar-refractivity contribution in [1.29, 1.82) is 0 Å². The molecule has 0 N–H and O–H groups in total. The molecule has 4 heteroatoms. The van der Waals surface area contributed by atoms with Crippen molar-refractivity contribution in [1.82, 2.24) is 0 Å². The molecule has 0 aromatic rings. The fourth-order valence-corrected chi connectivity index (χ4v) is 0. The molecule has 0 heterocycles. The molecule has 19 heavy (non-hydrogen) atoms. The first kappa shape index (κ1) is 27.5. The SMILES string of the molecule is C#C[Si](C)(C)C.C#C[Si](C)(C)C.C#C[Si](C)(C)C.[SnH4]. The summed E-state index contributed by atoms with van der Waals surface area (Å²) >= 11 is 0. The molecule has 0 aromatic carbocycles. The van der Waals surface area contributed by atoms with Gasteiger partial charge in [-0.05, 0) is 0 Å². The first-order valence-corrected chi connectivity index (χ1v) is 16.6. The van der Waals surface area contributed by atoms with Crippen LogP contribution >= 0.6 is 0 Å². The average molecular weight is 417 g/mol. The molecule has 0 aliphatic heterocycles. The fraction of sp³-hybridized carbons (Fsp3) is 0.600. The molecule has 0 amide bonds. The summed E-state index contributed by atoms with van der Waals surface area (Å²) in [6, 6.07) is 0. The van der Waals surface area contributed by atoms with E-state index in [1.54, 1.807) is 0 Å². The second-order valence-electron chi connectivity index (χ2n) is 7.18. The maximum absolute atomic E-state index is 5.12. The second kappa shape index (κ2) is 11.9. The van der Waals surface area contributed by atoms with Crippen LogP contribution in [0.5, 0.6) is 0 Å². The van der Waals surface area contributed by atoms with Gasteiger partial charge >= 0.3 is 23.9 Å². The Morgan fingerprint density at radius 2 is 0.526 bits per heavy atom. The van der Waals surface area contributed by atoms with E-state index >= 15 is 0 Å². The molecule has 0 bridgehead atoms. The molecular weight excluding hydrogens is 383 g/mol. The Labute approximate surface area is 142 Å². The number of hydrogen-bond acceptors (Lipinski definition) is 0. The predicted octanol–water partition coefficient (Wildman–Crippen LogP) is 3.04. The molecule has 0 rings (SSSR count). The van der Waals surface area contributed by atoms with Crippen molar-refractivity contribution in [3.63, 3.8) is 0 Å². The molecule has 0 fully saturated rings. The zero-order chi connectivity index (χ0) is 15.6. The molecule has 0 aliphatic rings. The van der Waals surface area contributed by atoms with Gasteiger partial charge in [0.15, 0.2) is 0 Å². The van der Waals surface area contributed by atoms with Crippen LogP contribution in [-0.4, -0.2) is 48.1 Å². The van der Waals surface area contributed by atoms with E-state index < -0.39 is 24.2 Å². The monoisotopic (exact) mass is 418 g/mol. The van der Waals surface area contributed by atoms with Gasteiger partial charge in [0.2, 0.25) is 0 Å². The normalized spacial score (nSPS) is 9.79. The van der Waals surface area contributed by atoms with Crippen molar-refractivity contribution in [2.24, 2.45) is 0 Å². The molecule has 0 unspecified atom stereocenters. The Morgan fingerprint density at radius 3 is 0.526 bits per heavy atom. The van der Waals surface area contributed by atoms with Crippen LogP contribution in [0, 0.1) is 35.9 Å². The molecule has 0 radical (unpaired) electrons. The number of rotatable bonds is 0. The van der Waals surface area contributed by atoms with E-state index in [1.165, 1.54) is 0 Å². The van der Waals surface area contributed by atoms with Crippen LogP contribution in [0.1, 0.15) is 0 Å². The third kappa shape index (κ3) is 56.6. The molecule has 0 spiro atoms. The minimum absolute atomic E-state index is 0. The minimum atomic E-state index is -1.10. The molecule has 0 atom stereocenters. The van der Waals surface area contributed by atoms with Gasteiger partial charge in [0.1, 0.15) is 24.2 Å². The van der Waals surface area contributed by atoms with Gasteiger partial charge in [-0.3, -0.25) is 0 Å². The third-order valence-corrected chi connectivity index (χ3v) is 3.90. The molecule has 0 saturated heterocycles. The maximum atomic E-state index is 5.12. The summed E-state index contributed by atoms with van der Waals surface area (Å²) in [7, 11) is -3.31. The summed E-state index contributed by atoms with van der Waals surface area (Å²) in [5.41, 5.74) is 8.23. The van der Waals surface area contributed by atoms with Gasteiger partial charge in [-0.15, -0.1) is 35.9 Å². The summed E-state index contributed by atoms with van der Waals surface area (Å²) in [6.45, 7) is 19.3. The molecular formula is C15H34Si3Sn. The van der Waals surface area contributed by atoms with E-state index in [2.05, 4.69) is 75.6 Å². The van der Waals surface area contributed by atoms with Crippen molar-refractivity contribution in [2.75, 3.05) is 0 Å². The Hall–Kier alpha value is 0.129. The van der Waals surface area contributed by atoms with Gasteiger partial charge in [0.05, 0.1) is 0 Å². The van der Waals surface area contributed by atoms with Crippen LogP contribution < -0.4 is 0 Å². The van der Waals surface area contributed by atoms with Crippen molar-refractivity contribution < 1.29 is 0 Å². The zero-order valence-corrected chi connectivity index (χ0v) is 16.7. The van der Waals surface area contributed by atoms with E-state index in [1.807, 2.05) is 0 Å². The molecule has 110 valence electrons. The van der Waals surface area contributed by atoms with E-state index in [4.69, 9.17) is 19.3 Å². The van der Waals surface area contributed by atoms with Gasteiger partial charge in [0.25, 0.3) is 0 Å². The van der Waals surface area contributed by atoms with Crippen LogP contribution in [0.2, 0.25) is 58.9 Å². The Bertz CT molecular complexity index is 275. The summed E-state index contributed by atoms with van der Waals surface area (Å²) in [6.07, 6.45) is 15.4. The first-order valence-electron chi connectivity index (χ1n) is 6.12. The van der Waals surface area contributed by atoms with E-state index in [0.29, 0.717) is 0 Å². The Balaban J connectivity index is -0.0000000865. The van der Waals surface area contributed by atoms with Gasteiger partial charge in [-0.2, -0.15) is 0 Å². The second-order valence-corrected chi connectivity index (χ2v) is 21.5. The van der Waals surface area contributed by atoms with Crippen LogP contribution in [0.25, 0.3) is 0 Å². The summed E-state index contributed by atoms with van der Waals surface area (Å²) in [5.74, 6) is 0. The van der Waals surface area contributed by atoms with Crippen LogP contribution in [0.15, 0.2) is 0 Å². The number of terminal acetylenes is 3. The van der Waals surface area contributed by atoms with Crippen molar-refractivity contribution in [2.45, 2.75) is 58.9 Å². The number of hydrogen-bond donors (Lipinski definition) is 0. The van der Waals surface area contributed by atoms with Gasteiger partial charge in [-0.25, -0.2) is 0 Å². The Morgan fingerprint density at radius 1 is 0.474 bits per heavy atom. The van der Waals surface area contributed by atoms with E-state index in [0.717, 1.165) is 0 Å². The topological polar surface area (TPSA) is 0 Å². The van der Waals surface area contributed by atoms with Gasteiger partial charge < -0.3 is 0 Å². The van der Waals surface area contributed by atoms with Crippen LogP contribution in [0.3, 0.4) is 0 Å². The van der Waals surface area contributed by atoms with Crippen molar-refractivity contribution in [3.05, 3.63) is 0 Å². The van der Waals surface area contributed by atoms with E-state index in [-0.39, 0.29) is 23.9 Å². The quantitative estimate of drug-likeness (QED) is 0.420. The predicted molar refractivity (Wildman–Crippen MR) is 108 cm³/mol. The third-order valence-electron chi connectivity index (χ3n) is 1.30. The molecule has 0 aromatic heterocycles. The van der Waals surface area contributed by atoms with Crippen molar-refractivity contribution >= 4 is 48.1 Å². The molecule has 0 aliphatic carbocycles. The zero-order valence-electron chi connectivity index (χ0n) is 13.7. The Kier molecular flexibility index (Phi) is 17.2. The fourth-order valence-electron chi connectivity index (χ4n) is 0. The summed E-state index contributed by atoms with van der Waals surface area (Å²) in [4.78, 5) is 0. The van der Waals surface area contributed by atoms with Crippen molar-refractivity contribution in [3.8, 4) is 35.9 Å². The standard InChI is InChI=1S/3C5H10Si.Sn.4H/c3*1-5-6(2,3)4;;;;;/h3*1H,2-4H3;;;;;. The van der Waals surface area contributed by atoms with E-state index in [9.17, 15) is 0 Å². The van der Waals surface area contributed by atoms with Crippen LogP contribution in [-0.2, 0) is 0 Å².